The maximum atomic E-state index is 11.3. The van der Waals surface area contributed by atoms with E-state index in [1.807, 2.05) is 0 Å². The van der Waals surface area contributed by atoms with Crippen LogP contribution in [0.2, 0.25) is 0 Å². The van der Waals surface area contributed by atoms with Crippen molar-refractivity contribution in [1.29, 1.82) is 0 Å². The number of ether oxygens (including phenoxy) is 1. The molecule has 0 radical (unpaired) electrons. The minimum Gasteiger partial charge on any atom is -0.744 e. The fraction of sp³-hybridized carbons (Fsp3) is 0.364. The van der Waals surface area contributed by atoms with Crippen LogP contribution in [-0.2, 0) is 14.9 Å². The summed E-state index contributed by atoms with van der Waals surface area (Å²) in [4.78, 5) is 11.1. The zero-order valence-electron chi connectivity index (χ0n) is 10.9. The summed E-state index contributed by atoms with van der Waals surface area (Å²) in [6, 6.07) is 2.76. The van der Waals surface area contributed by atoms with Crippen LogP contribution in [0.4, 0.5) is 0 Å². The third kappa shape index (κ3) is 5.68. The van der Waals surface area contributed by atoms with Crippen LogP contribution in [0, 0.1) is 13.8 Å². The molecule has 1 aromatic carbocycles. The monoisotopic (exact) mass is 406 g/mol. The average Bonchev–Trinajstić information content (AvgIpc) is 2.13. The van der Waals surface area contributed by atoms with E-state index in [0.717, 1.165) is 0 Å². The van der Waals surface area contributed by atoms with Gasteiger partial charge in [-0.25, -0.2) is 8.42 Å². The van der Waals surface area contributed by atoms with Crippen LogP contribution >= 0.6 is 22.6 Å². The van der Waals surface area contributed by atoms with Crippen LogP contribution in [0.1, 0.15) is 17.5 Å². The summed E-state index contributed by atoms with van der Waals surface area (Å²) in [5.41, 5.74) is 0.560. The van der Waals surface area contributed by atoms with Gasteiger partial charge in [0.15, 0.2) is 0 Å². The Bertz CT molecular complexity index is 547. The Hall–Kier alpha value is 0.330. The average molecular weight is 406 g/mol. The molecule has 0 bridgehead atoms. The predicted molar refractivity (Wildman–Crippen MR) is 73.0 cm³/mol. The molecule has 0 N–H and O–H groups in total. The van der Waals surface area contributed by atoms with Gasteiger partial charge in [-0.2, -0.15) is 0 Å². The van der Waals surface area contributed by atoms with E-state index < -0.39 is 10.1 Å². The van der Waals surface area contributed by atoms with Gasteiger partial charge in [-0.1, -0.05) is 22.6 Å². The minimum atomic E-state index is -4.51. The third-order valence-electron chi connectivity index (χ3n) is 2.21. The molecule has 19 heavy (non-hydrogen) atoms. The molecular formula is C11H12INaO5S. The fourth-order valence-electron chi connectivity index (χ4n) is 1.62. The molecule has 0 unspecified atom stereocenters. The van der Waals surface area contributed by atoms with Gasteiger partial charge < -0.3 is 9.29 Å². The number of hydrogen-bond donors (Lipinski definition) is 0. The summed E-state index contributed by atoms with van der Waals surface area (Å²) in [5, 5.41) is 0. The third-order valence-corrected chi connectivity index (χ3v) is 3.90. The Morgan fingerprint density at radius 3 is 2.16 bits per heavy atom. The number of benzene rings is 1. The number of hydrogen-bond acceptors (Lipinski definition) is 5. The van der Waals surface area contributed by atoms with Crippen LogP contribution < -0.4 is 34.3 Å². The summed E-state index contributed by atoms with van der Waals surface area (Å²) in [5.74, 6) is -0.131. The van der Waals surface area contributed by atoms with Gasteiger partial charge in [0.25, 0.3) is 0 Å². The Morgan fingerprint density at radius 2 is 1.79 bits per heavy atom. The molecular weight excluding hydrogens is 394 g/mol. The van der Waals surface area contributed by atoms with Gasteiger partial charge in [-0.3, -0.25) is 4.79 Å². The van der Waals surface area contributed by atoms with Gasteiger partial charge in [0.1, 0.15) is 15.9 Å². The number of rotatable bonds is 4. The Morgan fingerprint density at radius 1 is 1.32 bits per heavy atom. The van der Waals surface area contributed by atoms with Crippen molar-refractivity contribution in [3.63, 3.8) is 0 Å². The SMILES string of the molecule is Cc1cc(OC(=O)CCI)cc(C)c1S(=O)(=O)[O-].[Na+]. The zero-order chi connectivity index (χ0) is 13.9. The van der Waals surface area contributed by atoms with E-state index in [1.165, 1.54) is 26.0 Å². The van der Waals surface area contributed by atoms with Crippen LogP contribution in [-0.4, -0.2) is 23.4 Å². The largest absolute Gasteiger partial charge is 1.00 e. The quantitative estimate of drug-likeness (QED) is 0.159. The summed E-state index contributed by atoms with van der Waals surface area (Å²) in [6.07, 6.45) is 0.278. The van der Waals surface area contributed by atoms with Crippen LogP contribution in [0.3, 0.4) is 0 Å². The molecule has 8 heteroatoms. The predicted octanol–water partition coefficient (Wildman–Crippen LogP) is -1.06. The van der Waals surface area contributed by atoms with Crippen molar-refractivity contribution in [1.82, 2.24) is 0 Å². The summed E-state index contributed by atoms with van der Waals surface area (Å²) in [6.45, 7) is 2.99. The van der Waals surface area contributed by atoms with Gasteiger partial charge in [-0.05, 0) is 37.1 Å². The minimum absolute atomic E-state index is 0. The van der Waals surface area contributed by atoms with E-state index >= 15 is 0 Å². The Kier molecular flexibility index (Phi) is 8.08. The second kappa shape index (κ2) is 7.94. The van der Waals surface area contributed by atoms with Gasteiger partial charge in [0.2, 0.25) is 0 Å². The standard InChI is InChI=1S/C11H13IO5S.Na/c1-7-5-9(17-10(13)3-4-12)6-8(2)11(7)18(14,15)16;/h5-6H,3-4H2,1-2H3,(H,14,15,16);/q;+1/p-1. The first-order valence-electron chi connectivity index (χ1n) is 5.09. The van der Waals surface area contributed by atoms with Crippen molar-refractivity contribution in [3.05, 3.63) is 23.3 Å². The first-order valence-corrected chi connectivity index (χ1v) is 8.03. The van der Waals surface area contributed by atoms with Crippen LogP contribution in [0.25, 0.3) is 0 Å². The van der Waals surface area contributed by atoms with Crippen LogP contribution in [0.15, 0.2) is 17.0 Å². The molecule has 0 aromatic heterocycles. The van der Waals surface area contributed by atoms with Gasteiger partial charge in [0.05, 0.1) is 11.3 Å². The molecule has 0 saturated carbocycles. The molecule has 0 aliphatic heterocycles. The first kappa shape index (κ1) is 19.3. The number of carbonyl (C=O) groups excluding carboxylic acids is 1. The zero-order valence-corrected chi connectivity index (χ0v) is 15.9. The second-order valence-electron chi connectivity index (χ2n) is 3.75. The van der Waals surface area contributed by atoms with Crippen molar-refractivity contribution in [2.45, 2.75) is 25.2 Å². The first-order chi connectivity index (χ1) is 8.25. The second-order valence-corrected chi connectivity index (χ2v) is 6.15. The van der Waals surface area contributed by atoms with Crippen molar-refractivity contribution in [2.75, 3.05) is 4.43 Å². The molecule has 0 amide bonds. The normalized spacial score (nSPS) is 10.7. The van der Waals surface area contributed by atoms with Crippen LogP contribution in [0.5, 0.6) is 5.75 Å². The maximum absolute atomic E-state index is 11.3. The molecule has 0 heterocycles. The van der Waals surface area contributed by atoms with Crippen molar-refractivity contribution in [2.24, 2.45) is 0 Å². The smallest absolute Gasteiger partial charge is 0.744 e. The van der Waals surface area contributed by atoms with Gasteiger partial charge in [0, 0.05) is 4.43 Å². The molecule has 0 aliphatic carbocycles. The molecule has 1 aromatic rings. The Balaban J connectivity index is 0.00000324. The van der Waals surface area contributed by atoms with E-state index in [-0.39, 0.29) is 63.7 Å². The molecule has 0 spiro atoms. The van der Waals surface area contributed by atoms with Gasteiger partial charge >= 0.3 is 35.5 Å². The maximum Gasteiger partial charge on any atom is 1.00 e. The topological polar surface area (TPSA) is 83.5 Å². The van der Waals surface area contributed by atoms with Gasteiger partial charge in [-0.15, -0.1) is 0 Å². The summed E-state index contributed by atoms with van der Waals surface area (Å²) in [7, 11) is -4.51. The number of carbonyl (C=O) groups is 1. The van der Waals surface area contributed by atoms with E-state index in [4.69, 9.17) is 4.74 Å². The summed E-state index contributed by atoms with van der Waals surface area (Å²) >= 11 is 2.05. The molecule has 0 aliphatic rings. The van der Waals surface area contributed by atoms with E-state index in [2.05, 4.69) is 22.6 Å². The van der Waals surface area contributed by atoms with Crippen molar-refractivity contribution in [3.8, 4) is 5.75 Å². The van der Waals surface area contributed by atoms with E-state index in [0.29, 0.717) is 4.43 Å². The number of alkyl halides is 1. The van der Waals surface area contributed by atoms with Crippen molar-refractivity contribution >= 4 is 38.7 Å². The molecule has 0 atom stereocenters. The Labute approximate surface area is 148 Å². The number of aryl methyl sites for hydroxylation is 2. The molecule has 0 saturated heterocycles. The molecule has 100 valence electrons. The van der Waals surface area contributed by atoms with E-state index in [9.17, 15) is 17.8 Å². The molecule has 0 fully saturated rings. The fourth-order valence-corrected chi connectivity index (χ4v) is 2.97. The van der Waals surface area contributed by atoms with E-state index in [1.54, 1.807) is 0 Å². The van der Waals surface area contributed by atoms with Crippen molar-refractivity contribution < 1.29 is 52.1 Å². The molecule has 5 nitrogen and oxygen atoms in total. The number of esters is 1. The summed E-state index contributed by atoms with van der Waals surface area (Å²) < 4.78 is 38.8. The molecule has 1 rings (SSSR count). The number of halogens is 1.